The van der Waals surface area contributed by atoms with Crippen molar-refractivity contribution in [2.45, 2.75) is 38.1 Å². The second kappa shape index (κ2) is 7.39. The number of sulfonamides is 1. The Hall–Kier alpha value is -2.51. The third-order valence-corrected chi connectivity index (χ3v) is 5.47. The van der Waals surface area contributed by atoms with Crippen molar-refractivity contribution in [2.24, 2.45) is 0 Å². The van der Waals surface area contributed by atoms with E-state index in [4.69, 9.17) is 4.52 Å². The largest absolute Gasteiger partial charge is 0.338 e. The minimum atomic E-state index is -3.62. The van der Waals surface area contributed by atoms with Gasteiger partial charge in [0.25, 0.3) is 0 Å². The predicted molar refractivity (Wildman–Crippen MR) is 99.0 cm³/mol. The van der Waals surface area contributed by atoms with Gasteiger partial charge in [-0.1, -0.05) is 61.0 Å². The molecule has 0 aliphatic rings. The van der Waals surface area contributed by atoms with E-state index in [1.807, 2.05) is 31.2 Å². The Bertz CT molecular complexity index is 976. The molecule has 0 aliphatic carbocycles. The number of benzene rings is 2. The lowest BCUT2D eigenvalue weighted by Gasteiger charge is -2.05. The Morgan fingerprint density at radius 1 is 1.04 bits per heavy atom. The maximum Gasteiger partial charge on any atom is 0.242 e. The second-order valence-corrected chi connectivity index (χ2v) is 8.19. The Labute approximate surface area is 153 Å². The average molecular weight is 371 g/mol. The van der Waals surface area contributed by atoms with Gasteiger partial charge in [-0.2, -0.15) is 4.98 Å². The molecule has 0 atom stereocenters. The highest BCUT2D eigenvalue weighted by atomic mass is 32.2. The molecule has 0 saturated heterocycles. The molecule has 3 rings (SSSR count). The molecule has 136 valence electrons. The van der Waals surface area contributed by atoms with Crippen LogP contribution in [0.5, 0.6) is 0 Å². The average Bonchev–Trinajstić information content (AvgIpc) is 3.10. The number of aryl methyl sites for hydroxylation is 1. The van der Waals surface area contributed by atoms with Crippen molar-refractivity contribution in [3.63, 3.8) is 0 Å². The van der Waals surface area contributed by atoms with Crippen LogP contribution in [-0.2, 0) is 16.6 Å². The number of aromatic nitrogens is 2. The zero-order valence-electron chi connectivity index (χ0n) is 14.9. The molecule has 3 aromatic rings. The summed E-state index contributed by atoms with van der Waals surface area (Å²) in [5.74, 6) is 1.09. The standard InChI is InChI=1S/C19H21N3O3S/c1-13(2)15-6-8-16(9-7-15)19-21-18(25-22-19)12-20-26(23,24)17-10-4-14(3)5-11-17/h4-11,13,20H,12H2,1-3H3. The molecule has 26 heavy (non-hydrogen) atoms. The molecular formula is C19H21N3O3S. The maximum absolute atomic E-state index is 12.3. The molecule has 0 spiro atoms. The molecule has 1 N–H and O–H groups in total. The summed E-state index contributed by atoms with van der Waals surface area (Å²) in [6, 6.07) is 14.5. The summed E-state index contributed by atoms with van der Waals surface area (Å²) < 4.78 is 32.2. The number of rotatable bonds is 6. The highest BCUT2D eigenvalue weighted by molar-refractivity contribution is 7.89. The summed E-state index contributed by atoms with van der Waals surface area (Å²) in [7, 11) is -3.62. The molecular weight excluding hydrogens is 350 g/mol. The highest BCUT2D eigenvalue weighted by Crippen LogP contribution is 2.20. The van der Waals surface area contributed by atoms with Crippen LogP contribution in [0, 0.1) is 6.92 Å². The van der Waals surface area contributed by atoms with Gasteiger partial charge >= 0.3 is 0 Å². The van der Waals surface area contributed by atoms with Crippen molar-refractivity contribution >= 4 is 10.0 Å². The van der Waals surface area contributed by atoms with Gasteiger partial charge in [-0.15, -0.1) is 0 Å². The fourth-order valence-corrected chi connectivity index (χ4v) is 3.39. The monoisotopic (exact) mass is 371 g/mol. The van der Waals surface area contributed by atoms with Crippen molar-refractivity contribution < 1.29 is 12.9 Å². The molecule has 0 aliphatic heterocycles. The zero-order valence-corrected chi connectivity index (χ0v) is 15.7. The summed E-state index contributed by atoms with van der Waals surface area (Å²) in [5, 5.41) is 3.93. The van der Waals surface area contributed by atoms with Crippen molar-refractivity contribution in [1.82, 2.24) is 14.9 Å². The van der Waals surface area contributed by atoms with Crippen LogP contribution in [0.4, 0.5) is 0 Å². The topological polar surface area (TPSA) is 85.1 Å². The number of nitrogens with zero attached hydrogens (tertiary/aromatic N) is 2. The molecule has 0 unspecified atom stereocenters. The first kappa shape index (κ1) is 18.3. The van der Waals surface area contributed by atoms with E-state index < -0.39 is 10.0 Å². The minimum Gasteiger partial charge on any atom is -0.338 e. The third-order valence-electron chi connectivity index (χ3n) is 4.05. The van der Waals surface area contributed by atoms with E-state index in [0.717, 1.165) is 11.1 Å². The summed E-state index contributed by atoms with van der Waals surface area (Å²) in [4.78, 5) is 4.46. The van der Waals surface area contributed by atoms with E-state index in [1.54, 1.807) is 24.3 Å². The first-order chi connectivity index (χ1) is 12.3. The van der Waals surface area contributed by atoms with Crippen molar-refractivity contribution in [2.75, 3.05) is 0 Å². The number of nitrogens with one attached hydrogen (secondary N) is 1. The van der Waals surface area contributed by atoms with Gasteiger partial charge in [0.2, 0.25) is 21.7 Å². The molecule has 0 saturated carbocycles. The fraction of sp³-hybridized carbons (Fsp3) is 0.263. The van der Waals surface area contributed by atoms with E-state index >= 15 is 0 Å². The molecule has 0 bridgehead atoms. The van der Waals surface area contributed by atoms with E-state index in [0.29, 0.717) is 11.7 Å². The van der Waals surface area contributed by atoms with Crippen LogP contribution < -0.4 is 4.72 Å². The Morgan fingerprint density at radius 3 is 2.31 bits per heavy atom. The number of hydrogen-bond donors (Lipinski definition) is 1. The maximum atomic E-state index is 12.3. The van der Waals surface area contributed by atoms with Gasteiger partial charge in [-0.3, -0.25) is 0 Å². The lowest BCUT2D eigenvalue weighted by Crippen LogP contribution is -2.23. The summed E-state index contributed by atoms with van der Waals surface area (Å²) >= 11 is 0. The van der Waals surface area contributed by atoms with Crippen molar-refractivity contribution in [1.29, 1.82) is 0 Å². The molecule has 1 aromatic heterocycles. The van der Waals surface area contributed by atoms with Crippen LogP contribution in [0.2, 0.25) is 0 Å². The Balaban J connectivity index is 1.69. The molecule has 0 amide bonds. The predicted octanol–water partition coefficient (Wildman–Crippen LogP) is 3.65. The van der Waals surface area contributed by atoms with E-state index in [-0.39, 0.29) is 17.3 Å². The molecule has 6 nitrogen and oxygen atoms in total. The van der Waals surface area contributed by atoms with Gasteiger partial charge in [0.1, 0.15) is 0 Å². The van der Waals surface area contributed by atoms with Crippen molar-refractivity contribution in [3.8, 4) is 11.4 Å². The van der Waals surface area contributed by atoms with E-state index in [9.17, 15) is 8.42 Å². The van der Waals surface area contributed by atoms with Crippen LogP contribution in [-0.4, -0.2) is 18.6 Å². The quantitative estimate of drug-likeness (QED) is 0.715. The summed E-state index contributed by atoms with van der Waals surface area (Å²) in [5.41, 5.74) is 3.04. The van der Waals surface area contributed by atoms with Crippen LogP contribution in [0.1, 0.15) is 36.8 Å². The van der Waals surface area contributed by atoms with Gasteiger partial charge < -0.3 is 4.52 Å². The normalized spacial score (nSPS) is 11.8. The Morgan fingerprint density at radius 2 is 1.69 bits per heavy atom. The molecule has 7 heteroatoms. The molecule has 2 aromatic carbocycles. The van der Waals surface area contributed by atoms with Crippen molar-refractivity contribution in [3.05, 3.63) is 65.5 Å². The smallest absolute Gasteiger partial charge is 0.242 e. The van der Waals surface area contributed by atoms with Crippen LogP contribution in [0.15, 0.2) is 57.9 Å². The number of hydrogen-bond acceptors (Lipinski definition) is 5. The van der Waals surface area contributed by atoms with E-state index in [1.165, 1.54) is 5.56 Å². The van der Waals surface area contributed by atoms with E-state index in [2.05, 4.69) is 28.7 Å². The lowest BCUT2D eigenvalue weighted by atomic mass is 10.0. The van der Waals surface area contributed by atoms with Gasteiger partial charge in [0, 0.05) is 5.56 Å². The van der Waals surface area contributed by atoms with Gasteiger partial charge in [-0.25, -0.2) is 13.1 Å². The van der Waals surface area contributed by atoms with Gasteiger partial charge in [0.15, 0.2) is 0 Å². The lowest BCUT2D eigenvalue weighted by molar-refractivity contribution is 0.376. The molecule has 1 heterocycles. The molecule has 0 radical (unpaired) electrons. The molecule has 0 fully saturated rings. The van der Waals surface area contributed by atoms with Crippen LogP contribution in [0.3, 0.4) is 0 Å². The van der Waals surface area contributed by atoms with Crippen LogP contribution >= 0.6 is 0 Å². The SMILES string of the molecule is Cc1ccc(S(=O)(=O)NCc2nc(-c3ccc(C(C)C)cc3)no2)cc1. The second-order valence-electron chi connectivity index (χ2n) is 6.43. The van der Waals surface area contributed by atoms with Crippen LogP contribution in [0.25, 0.3) is 11.4 Å². The van der Waals surface area contributed by atoms with Gasteiger partial charge in [-0.05, 0) is 30.5 Å². The Kier molecular flexibility index (Phi) is 5.20. The first-order valence-corrected chi connectivity index (χ1v) is 9.83. The summed E-state index contributed by atoms with van der Waals surface area (Å²) in [6.45, 7) is 6.09. The van der Waals surface area contributed by atoms with Gasteiger partial charge in [0.05, 0.1) is 11.4 Å². The zero-order chi connectivity index (χ0) is 18.7. The minimum absolute atomic E-state index is 0.0622. The first-order valence-electron chi connectivity index (χ1n) is 8.34. The summed E-state index contributed by atoms with van der Waals surface area (Å²) in [6.07, 6.45) is 0. The fourth-order valence-electron chi connectivity index (χ4n) is 2.42. The third kappa shape index (κ3) is 4.17. The highest BCUT2D eigenvalue weighted by Gasteiger charge is 2.16.